The minimum absolute atomic E-state index is 0.530. The van der Waals surface area contributed by atoms with Gasteiger partial charge < -0.3 is 4.74 Å². The summed E-state index contributed by atoms with van der Waals surface area (Å²) in [4.78, 5) is 16.1. The Morgan fingerprint density at radius 1 is 1.06 bits per heavy atom. The number of oxime groups is 1. The first-order valence-corrected chi connectivity index (χ1v) is 6.43. The number of carbonyl (C=O) groups is 1. The van der Waals surface area contributed by atoms with Crippen LogP contribution in [0.25, 0.3) is 0 Å². The highest BCUT2D eigenvalue weighted by Gasteiger charge is 2.17. The number of rotatable bonds is 1. The van der Waals surface area contributed by atoms with Crippen LogP contribution >= 0.6 is 0 Å². The number of hydrogen-bond donors (Lipinski definition) is 0. The van der Waals surface area contributed by atoms with E-state index < -0.39 is 11.8 Å². The number of carbonyl (C=O) groups excluding carboxylic acids is 1. The van der Waals surface area contributed by atoms with Crippen molar-refractivity contribution in [1.29, 1.82) is 0 Å². The van der Waals surface area contributed by atoms with Crippen LogP contribution in [0.1, 0.15) is 65.7 Å². The van der Waals surface area contributed by atoms with E-state index in [0.717, 1.165) is 31.4 Å². The lowest BCUT2D eigenvalue weighted by atomic mass is 9.99. The summed E-state index contributed by atoms with van der Waals surface area (Å²) in [5, 5.41) is 3.91. The van der Waals surface area contributed by atoms with Crippen molar-refractivity contribution in [3.05, 3.63) is 0 Å². The van der Waals surface area contributed by atoms with Gasteiger partial charge in [0.15, 0.2) is 0 Å². The van der Waals surface area contributed by atoms with Crippen molar-refractivity contribution in [1.82, 2.24) is 0 Å². The quantitative estimate of drug-likeness (QED) is 0.395. The molecule has 0 aliphatic heterocycles. The monoisotopic (exact) mass is 241 g/mol. The van der Waals surface area contributed by atoms with Gasteiger partial charge in [-0.1, -0.05) is 24.4 Å². The summed E-state index contributed by atoms with van der Waals surface area (Å²) in [5.41, 5.74) is 0.452. The molecular weight excluding hydrogens is 218 g/mol. The molecule has 0 bridgehead atoms. The van der Waals surface area contributed by atoms with Gasteiger partial charge in [0, 0.05) is 0 Å². The Kier molecular flexibility index (Phi) is 5.45. The summed E-state index contributed by atoms with van der Waals surface area (Å²) >= 11 is 0. The highest BCUT2D eigenvalue weighted by molar-refractivity contribution is 5.84. The molecular formula is C13H23NO3. The largest absolute Gasteiger partial charge is 0.535 e. The molecule has 4 nitrogen and oxygen atoms in total. The molecule has 17 heavy (non-hydrogen) atoms. The molecule has 0 unspecified atom stereocenters. The smallest absolute Gasteiger partial charge is 0.427 e. The Morgan fingerprint density at radius 2 is 1.59 bits per heavy atom. The second kappa shape index (κ2) is 6.62. The van der Waals surface area contributed by atoms with Crippen LogP contribution in [0, 0.1) is 0 Å². The molecule has 1 rings (SSSR count). The van der Waals surface area contributed by atoms with E-state index in [4.69, 9.17) is 9.57 Å². The minimum Gasteiger partial charge on any atom is -0.427 e. The van der Waals surface area contributed by atoms with Crippen molar-refractivity contribution in [3.63, 3.8) is 0 Å². The van der Waals surface area contributed by atoms with E-state index in [1.165, 1.54) is 19.3 Å². The van der Waals surface area contributed by atoms with Crippen molar-refractivity contribution >= 4 is 11.9 Å². The fraction of sp³-hybridized carbons (Fsp3) is 0.846. The van der Waals surface area contributed by atoms with Gasteiger partial charge >= 0.3 is 6.16 Å². The van der Waals surface area contributed by atoms with Crippen LogP contribution in [0.3, 0.4) is 0 Å². The second-order valence-corrected chi connectivity index (χ2v) is 5.48. The lowest BCUT2D eigenvalue weighted by Crippen LogP contribution is -2.23. The van der Waals surface area contributed by atoms with E-state index in [1.807, 2.05) is 0 Å². The van der Waals surface area contributed by atoms with Gasteiger partial charge in [-0.05, 0) is 46.5 Å². The molecule has 0 amide bonds. The molecule has 0 N–H and O–H groups in total. The van der Waals surface area contributed by atoms with Crippen LogP contribution in [0.4, 0.5) is 4.79 Å². The van der Waals surface area contributed by atoms with Gasteiger partial charge in [0.2, 0.25) is 0 Å². The van der Waals surface area contributed by atoms with Gasteiger partial charge in [-0.3, -0.25) is 4.84 Å². The maximum absolute atomic E-state index is 11.3. The second-order valence-electron chi connectivity index (χ2n) is 5.48. The van der Waals surface area contributed by atoms with Crippen LogP contribution < -0.4 is 0 Å². The van der Waals surface area contributed by atoms with E-state index in [1.54, 1.807) is 20.8 Å². The van der Waals surface area contributed by atoms with Crippen molar-refractivity contribution in [2.24, 2.45) is 5.16 Å². The fourth-order valence-corrected chi connectivity index (χ4v) is 1.78. The van der Waals surface area contributed by atoms with E-state index in [-0.39, 0.29) is 0 Å². The zero-order valence-electron chi connectivity index (χ0n) is 11.1. The molecule has 1 fully saturated rings. The third-order valence-corrected chi connectivity index (χ3v) is 2.57. The lowest BCUT2D eigenvalue weighted by Gasteiger charge is -2.17. The molecule has 0 saturated heterocycles. The Hall–Kier alpha value is -1.06. The van der Waals surface area contributed by atoms with Crippen LogP contribution in [0.2, 0.25) is 0 Å². The topological polar surface area (TPSA) is 47.9 Å². The summed E-state index contributed by atoms with van der Waals surface area (Å²) in [6, 6.07) is 0. The van der Waals surface area contributed by atoms with Crippen LogP contribution in [0.5, 0.6) is 0 Å². The third-order valence-electron chi connectivity index (χ3n) is 2.57. The maximum Gasteiger partial charge on any atom is 0.535 e. The summed E-state index contributed by atoms with van der Waals surface area (Å²) in [5.74, 6) is 0. The van der Waals surface area contributed by atoms with Crippen molar-refractivity contribution in [2.75, 3.05) is 0 Å². The molecule has 98 valence electrons. The minimum atomic E-state index is -0.716. The Labute approximate surface area is 103 Å². The first-order valence-electron chi connectivity index (χ1n) is 6.43. The van der Waals surface area contributed by atoms with E-state index >= 15 is 0 Å². The van der Waals surface area contributed by atoms with Crippen LogP contribution in [-0.4, -0.2) is 17.5 Å². The molecule has 0 spiro atoms. The highest BCUT2D eigenvalue weighted by atomic mass is 16.8. The molecule has 1 saturated carbocycles. The van der Waals surface area contributed by atoms with Gasteiger partial charge in [-0.25, -0.2) is 4.79 Å². The van der Waals surface area contributed by atoms with Crippen LogP contribution in [0.15, 0.2) is 5.16 Å². The number of hydrogen-bond acceptors (Lipinski definition) is 4. The lowest BCUT2D eigenvalue weighted by molar-refractivity contribution is -0.00643. The zero-order valence-corrected chi connectivity index (χ0v) is 11.1. The Balaban J connectivity index is 2.37. The van der Waals surface area contributed by atoms with Crippen molar-refractivity contribution < 1.29 is 14.4 Å². The normalized spacial score (nSPS) is 17.9. The first kappa shape index (κ1) is 14.0. The highest BCUT2D eigenvalue weighted by Crippen LogP contribution is 2.15. The predicted octanol–water partition coefficient (Wildman–Crippen LogP) is 4.04. The van der Waals surface area contributed by atoms with Gasteiger partial charge in [-0.2, -0.15) is 0 Å². The molecule has 1 aliphatic carbocycles. The molecule has 0 atom stereocenters. The molecule has 0 aromatic rings. The summed E-state index contributed by atoms with van der Waals surface area (Å²) in [6.07, 6.45) is 7.21. The number of nitrogens with zero attached hydrogens (tertiary/aromatic N) is 1. The SMILES string of the molecule is CC(C)(C)OC(=O)ON=C1CCCCCCC1. The summed E-state index contributed by atoms with van der Waals surface area (Å²) in [6.45, 7) is 5.41. The Morgan fingerprint density at radius 3 is 2.12 bits per heavy atom. The summed E-state index contributed by atoms with van der Waals surface area (Å²) < 4.78 is 5.02. The standard InChI is InChI=1S/C13H23NO3/c1-13(2,3)16-12(15)17-14-11-9-7-5-4-6-8-10-11/h4-10H2,1-3H3. The van der Waals surface area contributed by atoms with Gasteiger partial charge in [-0.15, -0.1) is 0 Å². The molecule has 0 heterocycles. The van der Waals surface area contributed by atoms with Crippen LogP contribution in [-0.2, 0) is 9.57 Å². The van der Waals surface area contributed by atoms with Crippen molar-refractivity contribution in [2.45, 2.75) is 71.3 Å². The van der Waals surface area contributed by atoms with Gasteiger partial charge in [0.05, 0.1) is 5.71 Å². The van der Waals surface area contributed by atoms with Gasteiger partial charge in [0.25, 0.3) is 0 Å². The average molecular weight is 241 g/mol. The molecule has 0 aromatic heterocycles. The summed E-state index contributed by atoms with van der Waals surface area (Å²) in [7, 11) is 0. The van der Waals surface area contributed by atoms with Crippen molar-refractivity contribution in [3.8, 4) is 0 Å². The Bertz CT molecular complexity index is 269. The van der Waals surface area contributed by atoms with Gasteiger partial charge in [0.1, 0.15) is 5.60 Å². The van der Waals surface area contributed by atoms with E-state index in [0.29, 0.717) is 0 Å². The molecule has 4 heteroatoms. The molecule has 0 radical (unpaired) electrons. The predicted molar refractivity (Wildman–Crippen MR) is 67.1 cm³/mol. The molecule has 0 aromatic carbocycles. The average Bonchev–Trinajstić information content (AvgIpc) is 2.13. The maximum atomic E-state index is 11.3. The molecule has 1 aliphatic rings. The van der Waals surface area contributed by atoms with E-state index in [2.05, 4.69) is 5.16 Å². The zero-order chi connectivity index (χ0) is 12.7. The number of ether oxygens (including phenoxy) is 1. The first-order chi connectivity index (χ1) is 7.97. The van der Waals surface area contributed by atoms with E-state index in [9.17, 15) is 4.79 Å². The fourth-order valence-electron chi connectivity index (χ4n) is 1.78. The third kappa shape index (κ3) is 6.97.